The molecule has 2 atom stereocenters. The molecule has 11 heteroatoms. The van der Waals surface area contributed by atoms with Gasteiger partial charge in [-0.2, -0.15) is 5.10 Å². The minimum atomic E-state index is -1.38. The molecular weight excluding hydrogens is 561 g/mol. The molecule has 2 fully saturated rings. The highest BCUT2D eigenvalue weighted by Crippen LogP contribution is 2.60. The molecule has 2 unspecified atom stereocenters. The summed E-state index contributed by atoms with van der Waals surface area (Å²) in [4.78, 5) is 45.2. The van der Waals surface area contributed by atoms with Crippen LogP contribution >= 0.6 is 0 Å². The molecule has 0 bridgehead atoms. The van der Waals surface area contributed by atoms with Gasteiger partial charge in [0.05, 0.1) is 5.39 Å². The van der Waals surface area contributed by atoms with Crippen molar-refractivity contribution in [2.45, 2.75) is 44.9 Å². The van der Waals surface area contributed by atoms with E-state index >= 15 is 0 Å². The average molecular weight is 598 g/mol. The Labute approximate surface area is 254 Å². The molecule has 0 radical (unpaired) electrons. The number of carbonyl (C=O) groups excluding carboxylic acids is 3. The Morgan fingerprint density at radius 3 is 2.32 bits per heavy atom. The van der Waals surface area contributed by atoms with Gasteiger partial charge in [-0.3, -0.25) is 14.4 Å². The van der Waals surface area contributed by atoms with Crippen LogP contribution in [0.4, 0.5) is 15.9 Å². The SMILES string of the molecule is CC(C)C(=O)N1CCC(c2cc(-c3ccc(C4CC4(C(N)=O)C(=O)Nc4ccc(F)cc4)cc3)c3c(N)nn(C)c3n2)CC1. The first kappa shape index (κ1) is 29.3. The van der Waals surface area contributed by atoms with Gasteiger partial charge in [-0.25, -0.2) is 14.1 Å². The number of primary amides is 1. The monoisotopic (exact) mass is 597 g/mol. The number of fused-ring (bicyclic) bond motifs is 1. The zero-order valence-corrected chi connectivity index (χ0v) is 25.0. The third kappa shape index (κ3) is 5.06. The Morgan fingerprint density at radius 1 is 1.05 bits per heavy atom. The number of amides is 3. The Balaban J connectivity index is 1.27. The summed E-state index contributed by atoms with van der Waals surface area (Å²) >= 11 is 0. The number of nitrogens with zero attached hydrogens (tertiary/aromatic N) is 4. The van der Waals surface area contributed by atoms with Gasteiger partial charge in [-0.05, 0) is 66.3 Å². The van der Waals surface area contributed by atoms with E-state index in [1.54, 1.807) is 4.68 Å². The smallest absolute Gasteiger partial charge is 0.240 e. The summed E-state index contributed by atoms with van der Waals surface area (Å²) in [6.07, 6.45) is 1.92. The number of nitrogen functional groups attached to an aromatic ring is 1. The van der Waals surface area contributed by atoms with E-state index < -0.39 is 23.0 Å². The van der Waals surface area contributed by atoms with Crippen molar-refractivity contribution in [2.75, 3.05) is 24.1 Å². The second-order valence-electron chi connectivity index (χ2n) is 12.2. The number of nitrogens with one attached hydrogen (secondary N) is 1. The number of halogens is 1. The van der Waals surface area contributed by atoms with Gasteiger partial charge in [0.15, 0.2) is 11.5 Å². The molecule has 4 aromatic rings. The highest BCUT2D eigenvalue weighted by atomic mass is 19.1. The van der Waals surface area contributed by atoms with Crippen molar-refractivity contribution < 1.29 is 18.8 Å². The van der Waals surface area contributed by atoms with E-state index in [0.29, 0.717) is 30.2 Å². The van der Waals surface area contributed by atoms with Crippen molar-refractivity contribution in [3.05, 3.63) is 71.7 Å². The Kier molecular flexibility index (Phi) is 7.35. The van der Waals surface area contributed by atoms with Crippen LogP contribution in [0.2, 0.25) is 0 Å². The Bertz CT molecular complexity index is 1760. The van der Waals surface area contributed by atoms with Crippen molar-refractivity contribution in [2.24, 2.45) is 24.1 Å². The molecule has 228 valence electrons. The molecule has 44 heavy (non-hydrogen) atoms. The van der Waals surface area contributed by atoms with Crippen molar-refractivity contribution >= 4 is 40.3 Å². The zero-order valence-electron chi connectivity index (χ0n) is 25.0. The first-order chi connectivity index (χ1) is 21.0. The number of likely N-dealkylation sites (tertiary alicyclic amines) is 1. The molecule has 3 amide bonds. The van der Waals surface area contributed by atoms with E-state index in [-0.39, 0.29) is 30.1 Å². The van der Waals surface area contributed by atoms with Crippen LogP contribution in [0.3, 0.4) is 0 Å². The normalized spacial score (nSPS) is 20.2. The molecule has 1 saturated carbocycles. The Hall–Kier alpha value is -4.80. The van der Waals surface area contributed by atoms with Gasteiger partial charge in [0, 0.05) is 49.3 Å². The van der Waals surface area contributed by atoms with Gasteiger partial charge < -0.3 is 21.7 Å². The van der Waals surface area contributed by atoms with Crippen LogP contribution in [0.15, 0.2) is 54.6 Å². The van der Waals surface area contributed by atoms with E-state index in [1.165, 1.54) is 24.3 Å². The number of hydrogen-bond donors (Lipinski definition) is 3. The lowest BCUT2D eigenvalue weighted by Gasteiger charge is -2.33. The molecule has 3 heterocycles. The summed E-state index contributed by atoms with van der Waals surface area (Å²) in [5.74, 6) is -1.29. The number of anilines is 2. The van der Waals surface area contributed by atoms with E-state index in [4.69, 9.17) is 16.5 Å². The summed E-state index contributed by atoms with van der Waals surface area (Å²) in [7, 11) is 1.82. The number of aryl methyl sites for hydroxylation is 1. The van der Waals surface area contributed by atoms with E-state index in [2.05, 4.69) is 16.5 Å². The summed E-state index contributed by atoms with van der Waals surface area (Å²) in [6, 6.07) is 15.1. The van der Waals surface area contributed by atoms with Gasteiger partial charge in [-0.1, -0.05) is 38.1 Å². The van der Waals surface area contributed by atoms with Crippen LogP contribution in [-0.2, 0) is 21.4 Å². The van der Waals surface area contributed by atoms with E-state index in [1.807, 2.05) is 50.1 Å². The summed E-state index contributed by atoms with van der Waals surface area (Å²) < 4.78 is 15.0. The number of hydrogen-bond acceptors (Lipinski definition) is 6. The van der Waals surface area contributed by atoms with E-state index in [0.717, 1.165) is 40.6 Å². The molecule has 0 spiro atoms. The topological polar surface area (TPSA) is 149 Å². The minimum Gasteiger partial charge on any atom is -0.382 e. The largest absolute Gasteiger partial charge is 0.382 e. The second-order valence-corrected chi connectivity index (χ2v) is 12.2. The number of pyridine rings is 1. The molecule has 1 saturated heterocycles. The van der Waals surface area contributed by atoms with E-state index in [9.17, 15) is 18.8 Å². The molecule has 2 aromatic heterocycles. The third-order valence-corrected chi connectivity index (χ3v) is 9.09. The number of benzene rings is 2. The fourth-order valence-electron chi connectivity index (χ4n) is 6.47. The molecule has 1 aliphatic carbocycles. The summed E-state index contributed by atoms with van der Waals surface area (Å²) in [6.45, 7) is 5.23. The van der Waals surface area contributed by atoms with Gasteiger partial charge in [0.1, 0.15) is 11.2 Å². The number of rotatable bonds is 7. The molecule has 1 aliphatic heterocycles. The lowest BCUT2D eigenvalue weighted by Crippen LogP contribution is -2.40. The maximum atomic E-state index is 13.3. The number of piperidine rings is 1. The third-order valence-electron chi connectivity index (χ3n) is 9.09. The van der Waals surface area contributed by atoms with Crippen molar-refractivity contribution in [3.8, 4) is 11.1 Å². The molecule has 6 rings (SSSR count). The fourth-order valence-corrected chi connectivity index (χ4v) is 6.47. The van der Waals surface area contributed by atoms with Crippen LogP contribution in [0.25, 0.3) is 22.2 Å². The van der Waals surface area contributed by atoms with Crippen LogP contribution in [0.5, 0.6) is 0 Å². The predicted octanol–water partition coefficient (Wildman–Crippen LogP) is 4.32. The Morgan fingerprint density at radius 2 is 1.70 bits per heavy atom. The summed E-state index contributed by atoms with van der Waals surface area (Å²) in [5, 5.41) is 7.90. The molecular formula is C33H36FN7O3. The second kappa shape index (κ2) is 11.0. The lowest BCUT2D eigenvalue weighted by atomic mass is 9.90. The van der Waals surface area contributed by atoms with Crippen molar-refractivity contribution in [3.63, 3.8) is 0 Å². The quantitative estimate of drug-likeness (QED) is 0.270. The van der Waals surface area contributed by atoms with Crippen molar-refractivity contribution in [1.29, 1.82) is 0 Å². The maximum Gasteiger partial charge on any atom is 0.240 e. The average Bonchev–Trinajstić information content (AvgIpc) is 3.72. The molecule has 2 aromatic carbocycles. The maximum absolute atomic E-state index is 13.3. The highest BCUT2D eigenvalue weighted by Gasteiger charge is 2.65. The predicted molar refractivity (Wildman–Crippen MR) is 166 cm³/mol. The van der Waals surface area contributed by atoms with Crippen molar-refractivity contribution in [1.82, 2.24) is 19.7 Å². The first-order valence-corrected chi connectivity index (χ1v) is 14.9. The minimum absolute atomic E-state index is 0.0269. The number of carbonyl (C=O) groups is 3. The van der Waals surface area contributed by atoms with Gasteiger partial charge in [0.25, 0.3) is 0 Å². The summed E-state index contributed by atoms with van der Waals surface area (Å²) in [5.41, 5.74) is 15.3. The van der Waals surface area contributed by atoms with Gasteiger partial charge >= 0.3 is 0 Å². The molecule has 2 aliphatic rings. The molecule has 10 nitrogen and oxygen atoms in total. The van der Waals surface area contributed by atoms with Gasteiger partial charge in [0.2, 0.25) is 17.7 Å². The number of nitrogens with two attached hydrogens (primary N) is 2. The lowest BCUT2D eigenvalue weighted by molar-refractivity contribution is -0.135. The number of aromatic nitrogens is 3. The highest BCUT2D eigenvalue weighted by molar-refractivity contribution is 6.14. The van der Waals surface area contributed by atoms with Crippen LogP contribution in [-0.4, -0.2) is 50.5 Å². The molecule has 5 N–H and O–H groups in total. The van der Waals surface area contributed by atoms with Crippen LogP contribution in [0, 0.1) is 17.2 Å². The fraction of sp³-hybridized carbons (Fsp3) is 0.364. The van der Waals surface area contributed by atoms with Crippen LogP contribution in [0.1, 0.15) is 56.2 Å². The van der Waals surface area contributed by atoms with Gasteiger partial charge in [-0.15, -0.1) is 0 Å². The zero-order chi connectivity index (χ0) is 31.3. The first-order valence-electron chi connectivity index (χ1n) is 14.9. The van der Waals surface area contributed by atoms with Crippen LogP contribution < -0.4 is 16.8 Å². The standard InChI is InChI=1S/C33H36FN7O3/c1-18(2)30(42)41-14-12-21(13-15-41)26-16-24(27-28(35)39-40(3)29(27)38-26)19-4-6-20(7-5-19)25-17-33(25,31(36)43)32(44)37-23-10-8-22(34)9-11-23/h4-11,16,18,21,25H,12-15,17H2,1-3H3,(H2,35,39)(H2,36,43)(H,37,44).